The molecular formula is C16H21BrClFN2. The van der Waals surface area contributed by atoms with Crippen LogP contribution in [0.2, 0.25) is 5.02 Å². The van der Waals surface area contributed by atoms with Crippen LogP contribution in [0.5, 0.6) is 0 Å². The standard InChI is InChI=1S/C16H21BrClFN2/c1-20-16(12-5-6-13(17)14(18)15(12)19)9-7-10-3-4-11(8-9)21(10)2/h5-6,9-11,16,20H,3-4,7-8H2,1-2H3. The fourth-order valence-electron chi connectivity index (χ4n) is 4.15. The molecule has 2 nitrogen and oxygen atoms in total. The number of nitrogens with zero attached hydrogens (tertiary/aromatic N) is 1. The van der Waals surface area contributed by atoms with E-state index in [1.54, 1.807) is 0 Å². The minimum absolute atomic E-state index is 0.0346. The summed E-state index contributed by atoms with van der Waals surface area (Å²) in [6.07, 6.45) is 4.81. The van der Waals surface area contributed by atoms with Crippen molar-refractivity contribution in [3.63, 3.8) is 0 Å². The zero-order chi connectivity index (χ0) is 15.1. The van der Waals surface area contributed by atoms with Crippen molar-refractivity contribution in [2.45, 2.75) is 43.8 Å². The Kier molecular flexibility index (Phi) is 4.60. The number of hydrogen-bond acceptors (Lipinski definition) is 2. The lowest BCUT2D eigenvalue weighted by atomic mass is 9.82. The van der Waals surface area contributed by atoms with Gasteiger partial charge in [-0.05, 0) is 67.7 Å². The van der Waals surface area contributed by atoms with Crippen LogP contribution < -0.4 is 5.32 Å². The van der Waals surface area contributed by atoms with Crippen LogP contribution in [0.15, 0.2) is 16.6 Å². The molecule has 1 N–H and O–H groups in total. The summed E-state index contributed by atoms with van der Waals surface area (Å²) in [5.74, 6) is 0.173. The van der Waals surface area contributed by atoms with Crippen LogP contribution in [0.1, 0.15) is 37.3 Å². The summed E-state index contributed by atoms with van der Waals surface area (Å²) in [4.78, 5) is 2.51. The zero-order valence-corrected chi connectivity index (χ0v) is 14.7. The monoisotopic (exact) mass is 374 g/mol. The first-order valence-corrected chi connectivity index (χ1v) is 8.72. The second-order valence-electron chi connectivity index (χ2n) is 6.31. The fourth-order valence-corrected chi connectivity index (χ4v) is 4.63. The number of halogens is 3. The van der Waals surface area contributed by atoms with E-state index in [9.17, 15) is 4.39 Å². The largest absolute Gasteiger partial charge is 0.313 e. The second-order valence-corrected chi connectivity index (χ2v) is 7.55. The van der Waals surface area contributed by atoms with E-state index >= 15 is 0 Å². The zero-order valence-electron chi connectivity index (χ0n) is 12.4. The molecule has 3 unspecified atom stereocenters. The molecule has 0 aromatic heterocycles. The van der Waals surface area contributed by atoms with Crippen LogP contribution in [-0.2, 0) is 0 Å². The van der Waals surface area contributed by atoms with Gasteiger partial charge < -0.3 is 10.2 Å². The molecule has 2 heterocycles. The van der Waals surface area contributed by atoms with Crippen molar-refractivity contribution >= 4 is 27.5 Å². The SMILES string of the molecule is CNC(c1ccc(Br)c(Cl)c1F)C1CC2CCC(C1)N2C. The Balaban J connectivity index is 1.88. The Labute approximate surface area is 139 Å². The number of rotatable bonds is 3. The van der Waals surface area contributed by atoms with Crippen molar-refractivity contribution in [1.82, 2.24) is 10.2 Å². The lowest BCUT2D eigenvalue weighted by molar-refractivity contribution is 0.113. The Bertz CT molecular complexity index is 525. The first kappa shape index (κ1) is 15.7. The second kappa shape index (κ2) is 6.15. The Morgan fingerprint density at radius 2 is 1.95 bits per heavy atom. The van der Waals surface area contributed by atoms with Gasteiger partial charge in [-0.2, -0.15) is 0 Å². The highest BCUT2D eigenvalue weighted by Gasteiger charge is 2.41. The minimum Gasteiger partial charge on any atom is -0.313 e. The predicted octanol–water partition coefficient (Wildman–Crippen LogP) is 4.37. The molecule has 2 fully saturated rings. The summed E-state index contributed by atoms with van der Waals surface area (Å²) >= 11 is 9.34. The van der Waals surface area contributed by atoms with Crippen LogP contribution in [0.4, 0.5) is 4.39 Å². The van der Waals surface area contributed by atoms with E-state index in [0.29, 0.717) is 28.0 Å². The molecular weight excluding hydrogens is 355 g/mol. The average molecular weight is 376 g/mol. The molecule has 0 radical (unpaired) electrons. The topological polar surface area (TPSA) is 15.3 Å². The molecule has 2 bridgehead atoms. The van der Waals surface area contributed by atoms with Crippen LogP contribution in [-0.4, -0.2) is 31.1 Å². The molecule has 2 saturated heterocycles. The number of benzene rings is 1. The number of nitrogens with one attached hydrogen (secondary N) is 1. The van der Waals surface area contributed by atoms with Gasteiger partial charge in [-0.25, -0.2) is 4.39 Å². The van der Waals surface area contributed by atoms with Crippen molar-refractivity contribution in [3.8, 4) is 0 Å². The van der Waals surface area contributed by atoms with Gasteiger partial charge in [0, 0.05) is 28.2 Å². The lowest BCUT2D eigenvalue weighted by Gasteiger charge is -2.40. The van der Waals surface area contributed by atoms with Crippen molar-refractivity contribution < 1.29 is 4.39 Å². The molecule has 0 spiro atoms. The van der Waals surface area contributed by atoms with Gasteiger partial charge in [0.25, 0.3) is 0 Å². The Hall–Kier alpha value is -0.160. The molecule has 2 aliphatic rings. The summed E-state index contributed by atoms with van der Waals surface area (Å²) < 4.78 is 15.1. The van der Waals surface area contributed by atoms with Crippen LogP contribution in [0.3, 0.4) is 0 Å². The van der Waals surface area contributed by atoms with Crippen molar-refractivity contribution in [2.24, 2.45) is 5.92 Å². The molecule has 3 rings (SSSR count). The van der Waals surface area contributed by atoms with Gasteiger partial charge in [-0.1, -0.05) is 17.7 Å². The van der Waals surface area contributed by atoms with E-state index in [4.69, 9.17) is 11.6 Å². The average Bonchev–Trinajstić information content (AvgIpc) is 2.70. The molecule has 1 aromatic carbocycles. The lowest BCUT2D eigenvalue weighted by Crippen LogP contribution is -2.43. The van der Waals surface area contributed by atoms with Crippen molar-refractivity contribution in [2.75, 3.05) is 14.1 Å². The van der Waals surface area contributed by atoms with Crippen molar-refractivity contribution in [3.05, 3.63) is 33.0 Å². The molecule has 116 valence electrons. The van der Waals surface area contributed by atoms with Gasteiger partial charge in [0.05, 0.1) is 5.02 Å². The number of hydrogen-bond donors (Lipinski definition) is 1. The van der Waals surface area contributed by atoms with Crippen molar-refractivity contribution in [1.29, 1.82) is 0 Å². The quantitative estimate of drug-likeness (QED) is 0.789. The van der Waals surface area contributed by atoms with Crippen LogP contribution in [0.25, 0.3) is 0 Å². The van der Waals surface area contributed by atoms with E-state index in [0.717, 1.165) is 12.8 Å². The first-order valence-electron chi connectivity index (χ1n) is 7.55. The maximum Gasteiger partial charge on any atom is 0.147 e. The summed E-state index contributed by atoms with van der Waals surface area (Å²) in [5, 5.41) is 3.51. The van der Waals surface area contributed by atoms with Gasteiger partial charge in [0.2, 0.25) is 0 Å². The normalized spacial score (nSPS) is 30.6. The molecule has 0 amide bonds. The molecule has 0 saturated carbocycles. The summed E-state index contributed by atoms with van der Waals surface area (Å²) in [5.41, 5.74) is 0.694. The minimum atomic E-state index is -0.295. The summed E-state index contributed by atoms with van der Waals surface area (Å²) in [7, 11) is 4.14. The summed E-state index contributed by atoms with van der Waals surface area (Å²) in [6.45, 7) is 0. The van der Waals surface area contributed by atoms with Gasteiger partial charge in [-0.15, -0.1) is 0 Å². The molecule has 2 aliphatic heterocycles. The van der Waals surface area contributed by atoms with E-state index in [1.165, 1.54) is 12.8 Å². The molecule has 21 heavy (non-hydrogen) atoms. The summed E-state index contributed by atoms with van der Waals surface area (Å²) in [6, 6.07) is 5.03. The van der Waals surface area contributed by atoms with Crippen LogP contribution in [0, 0.1) is 11.7 Å². The smallest absolute Gasteiger partial charge is 0.147 e. The Morgan fingerprint density at radius 3 is 2.52 bits per heavy atom. The molecule has 3 atom stereocenters. The third-order valence-corrected chi connectivity index (χ3v) is 6.58. The van der Waals surface area contributed by atoms with Crippen LogP contribution >= 0.6 is 27.5 Å². The van der Waals surface area contributed by atoms with E-state index in [1.807, 2.05) is 19.2 Å². The van der Waals surface area contributed by atoms with E-state index < -0.39 is 0 Å². The number of fused-ring (bicyclic) bond motifs is 2. The van der Waals surface area contributed by atoms with Gasteiger partial charge in [0.1, 0.15) is 5.82 Å². The van der Waals surface area contributed by atoms with Gasteiger partial charge in [0.15, 0.2) is 0 Å². The highest BCUT2D eigenvalue weighted by atomic mass is 79.9. The first-order chi connectivity index (χ1) is 10.0. The third-order valence-electron chi connectivity index (χ3n) is 5.32. The van der Waals surface area contributed by atoms with Gasteiger partial charge in [-0.3, -0.25) is 0 Å². The Morgan fingerprint density at radius 1 is 1.33 bits per heavy atom. The predicted molar refractivity (Wildman–Crippen MR) is 88.2 cm³/mol. The maximum atomic E-state index is 14.5. The molecule has 0 aliphatic carbocycles. The maximum absolute atomic E-state index is 14.5. The van der Waals surface area contributed by atoms with E-state index in [-0.39, 0.29) is 16.9 Å². The highest BCUT2D eigenvalue weighted by molar-refractivity contribution is 9.10. The number of piperidine rings is 1. The highest BCUT2D eigenvalue weighted by Crippen LogP contribution is 2.43. The third kappa shape index (κ3) is 2.76. The van der Waals surface area contributed by atoms with Gasteiger partial charge >= 0.3 is 0 Å². The van der Waals surface area contributed by atoms with E-state index in [2.05, 4.69) is 33.2 Å². The molecule has 5 heteroatoms. The molecule has 1 aromatic rings. The fraction of sp³-hybridized carbons (Fsp3) is 0.625.